The number of carbonyl (C=O) groups excluding carboxylic acids is 1. The van der Waals surface area contributed by atoms with Crippen LogP contribution in [0.5, 0.6) is 0 Å². The molecule has 0 radical (unpaired) electrons. The lowest BCUT2D eigenvalue weighted by Crippen LogP contribution is -2.21. The lowest BCUT2D eigenvalue weighted by molar-refractivity contribution is -0.138. The Balaban J connectivity index is 2.56. The number of rotatable bonds is 13. The minimum Gasteiger partial charge on any atom is -0.459 e. The van der Waals surface area contributed by atoms with E-state index in [1.54, 1.807) is 0 Å². The van der Waals surface area contributed by atoms with E-state index in [1.807, 2.05) is 6.92 Å². The van der Waals surface area contributed by atoms with Crippen molar-refractivity contribution in [1.82, 2.24) is 0 Å². The molecular weight excluding hydrogens is 372 g/mol. The molecule has 1 rings (SSSR count). The topological polar surface area (TPSA) is 26.3 Å². The van der Waals surface area contributed by atoms with Crippen LogP contribution in [0.25, 0.3) is 0 Å². The zero-order valence-corrected chi connectivity index (χ0v) is 16.9. The van der Waals surface area contributed by atoms with Gasteiger partial charge in [0.25, 0.3) is 0 Å². The van der Waals surface area contributed by atoms with Crippen molar-refractivity contribution in [2.75, 3.05) is 0 Å². The number of hydrogen-bond acceptors (Lipinski definition) is 2. The molecule has 0 saturated carbocycles. The quantitative estimate of drug-likeness (QED) is 0.191. The van der Waals surface area contributed by atoms with Crippen LogP contribution < -0.4 is 0 Å². The first-order valence-corrected chi connectivity index (χ1v) is 10.4. The van der Waals surface area contributed by atoms with Crippen LogP contribution in [0.3, 0.4) is 0 Å². The van der Waals surface area contributed by atoms with Crippen LogP contribution in [0.1, 0.15) is 100 Å². The zero-order valence-electron chi connectivity index (χ0n) is 16.9. The van der Waals surface area contributed by atoms with Gasteiger partial charge >= 0.3 is 12.1 Å². The van der Waals surface area contributed by atoms with Crippen LogP contribution >= 0.6 is 0 Å². The van der Waals surface area contributed by atoms with Crippen molar-refractivity contribution in [3.05, 3.63) is 35.1 Å². The minimum absolute atomic E-state index is 0.337. The van der Waals surface area contributed by atoms with Crippen LogP contribution in [-0.2, 0) is 10.9 Å². The Kier molecular flexibility index (Phi) is 11.2. The van der Waals surface area contributed by atoms with Crippen LogP contribution in [0.15, 0.2) is 18.2 Å². The summed E-state index contributed by atoms with van der Waals surface area (Å²) >= 11 is 0. The Bertz CT molecular complexity index is 584. The Labute approximate surface area is 165 Å². The normalized spacial score (nSPS) is 12.8. The number of ether oxygens (including phenoxy) is 1. The molecule has 1 atom stereocenters. The molecule has 6 heteroatoms. The van der Waals surface area contributed by atoms with Crippen molar-refractivity contribution in [2.24, 2.45) is 0 Å². The maximum atomic E-state index is 13.2. The van der Waals surface area contributed by atoms with Gasteiger partial charge in [0.2, 0.25) is 0 Å². The van der Waals surface area contributed by atoms with Gasteiger partial charge in [-0.2, -0.15) is 13.2 Å². The predicted molar refractivity (Wildman–Crippen MR) is 103 cm³/mol. The third-order valence-corrected chi connectivity index (χ3v) is 4.77. The van der Waals surface area contributed by atoms with Crippen LogP contribution in [-0.4, -0.2) is 12.1 Å². The largest absolute Gasteiger partial charge is 0.459 e. The number of esters is 1. The summed E-state index contributed by atoms with van der Waals surface area (Å²) in [7, 11) is 0. The van der Waals surface area contributed by atoms with Gasteiger partial charge in [-0.1, -0.05) is 65.2 Å². The van der Waals surface area contributed by atoms with Crippen molar-refractivity contribution in [2.45, 2.75) is 96.8 Å². The fourth-order valence-electron chi connectivity index (χ4n) is 3.23. The summed E-state index contributed by atoms with van der Waals surface area (Å²) in [5.74, 6) is -2.07. The van der Waals surface area contributed by atoms with E-state index in [0.717, 1.165) is 37.8 Å². The fourth-order valence-corrected chi connectivity index (χ4v) is 3.23. The highest BCUT2D eigenvalue weighted by atomic mass is 19.4. The minimum atomic E-state index is -4.81. The first-order valence-electron chi connectivity index (χ1n) is 10.4. The molecule has 0 spiro atoms. The van der Waals surface area contributed by atoms with Gasteiger partial charge in [0.15, 0.2) is 0 Å². The van der Waals surface area contributed by atoms with Crippen molar-refractivity contribution < 1.29 is 27.1 Å². The second kappa shape index (κ2) is 12.8. The molecule has 1 aromatic carbocycles. The molecule has 0 aliphatic rings. The van der Waals surface area contributed by atoms with Crippen LogP contribution in [0, 0.1) is 5.82 Å². The average Bonchev–Trinajstić information content (AvgIpc) is 2.63. The molecule has 0 N–H and O–H groups in total. The molecular formula is C22H32F4O2. The van der Waals surface area contributed by atoms with Crippen LogP contribution in [0.4, 0.5) is 17.6 Å². The maximum Gasteiger partial charge on any atom is 0.417 e. The Hall–Kier alpha value is -1.59. The molecule has 0 fully saturated rings. The smallest absolute Gasteiger partial charge is 0.417 e. The van der Waals surface area contributed by atoms with Gasteiger partial charge in [0.05, 0.1) is 11.1 Å². The van der Waals surface area contributed by atoms with Gasteiger partial charge < -0.3 is 4.74 Å². The monoisotopic (exact) mass is 404 g/mol. The van der Waals surface area contributed by atoms with Crippen molar-refractivity contribution in [1.29, 1.82) is 0 Å². The Morgan fingerprint density at radius 3 is 2.11 bits per heavy atom. The molecule has 2 nitrogen and oxygen atoms in total. The van der Waals surface area contributed by atoms with E-state index in [4.69, 9.17) is 4.74 Å². The lowest BCUT2D eigenvalue weighted by atomic mass is 10.0. The third-order valence-electron chi connectivity index (χ3n) is 4.77. The number of alkyl halides is 3. The van der Waals surface area contributed by atoms with Crippen molar-refractivity contribution in [3.8, 4) is 0 Å². The Morgan fingerprint density at radius 1 is 0.929 bits per heavy atom. The standard InChI is InChI=1S/C22H32F4O2/c1-3-5-6-7-8-9-10-11-13-18(12-4-2)28-21(27)19-15-14-17(23)16-20(19)22(24,25)26/h14-16,18H,3-13H2,1-2H3. The van der Waals surface area contributed by atoms with E-state index in [9.17, 15) is 22.4 Å². The molecule has 28 heavy (non-hydrogen) atoms. The summed E-state index contributed by atoms with van der Waals surface area (Å²) in [5.41, 5.74) is -1.93. The molecule has 0 heterocycles. The zero-order chi connectivity index (χ0) is 21.0. The second-order valence-electron chi connectivity index (χ2n) is 7.27. The summed E-state index contributed by atoms with van der Waals surface area (Å²) < 4.78 is 57.9. The first kappa shape index (κ1) is 24.4. The van der Waals surface area contributed by atoms with E-state index in [1.165, 1.54) is 32.1 Å². The number of benzene rings is 1. The Morgan fingerprint density at radius 2 is 1.54 bits per heavy atom. The van der Waals surface area contributed by atoms with E-state index >= 15 is 0 Å². The molecule has 160 valence electrons. The molecule has 0 saturated heterocycles. The number of hydrogen-bond donors (Lipinski definition) is 0. The van der Waals surface area contributed by atoms with Gasteiger partial charge in [-0.15, -0.1) is 0 Å². The molecule has 1 aromatic rings. The van der Waals surface area contributed by atoms with Gasteiger partial charge in [-0.3, -0.25) is 0 Å². The molecule has 0 bridgehead atoms. The summed E-state index contributed by atoms with van der Waals surface area (Å²) in [4.78, 5) is 12.3. The summed E-state index contributed by atoms with van der Waals surface area (Å²) in [5, 5.41) is 0. The van der Waals surface area contributed by atoms with Crippen molar-refractivity contribution >= 4 is 5.97 Å². The highest BCUT2D eigenvalue weighted by Crippen LogP contribution is 2.33. The number of carbonyl (C=O) groups is 1. The fraction of sp³-hybridized carbons (Fsp3) is 0.682. The average molecular weight is 404 g/mol. The molecule has 1 unspecified atom stereocenters. The maximum absolute atomic E-state index is 13.2. The van der Waals surface area contributed by atoms with Gasteiger partial charge in [-0.05, 0) is 37.5 Å². The molecule has 0 aliphatic heterocycles. The van der Waals surface area contributed by atoms with E-state index in [2.05, 4.69) is 6.92 Å². The summed E-state index contributed by atoms with van der Waals surface area (Å²) in [6.07, 6.45) is 5.94. The van der Waals surface area contributed by atoms with Gasteiger partial charge in [0.1, 0.15) is 11.9 Å². The van der Waals surface area contributed by atoms with E-state index < -0.39 is 35.2 Å². The molecule has 0 aromatic heterocycles. The second-order valence-corrected chi connectivity index (χ2v) is 7.27. The number of halogens is 4. The van der Waals surface area contributed by atoms with Crippen LogP contribution in [0.2, 0.25) is 0 Å². The third kappa shape index (κ3) is 9.07. The van der Waals surface area contributed by atoms with Gasteiger partial charge in [0, 0.05) is 0 Å². The molecule has 0 aliphatic carbocycles. The predicted octanol–water partition coefficient (Wildman–Crippen LogP) is 7.70. The van der Waals surface area contributed by atoms with E-state index in [-0.39, 0.29) is 0 Å². The lowest BCUT2D eigenvalue weighted by Gasteiger charge is -2.19. The highest BCUT2D eigenvalue weighted by Gasteiger charge is 2.36. The highest BCUT2D eigenvalue weighted by molar-refractivity contribution is 5.91. The first-order chi connectivity index (χ1) is 13.3. The number of unbranched alkanes of at least 4 members (excludes halogenated alkanes) is 7. The van der Waals surface area contributed by atoms with E-state index in [0.29, 0.717) is 18.9 Å². The summed E-state index contributed by atoms with van der Waals surface area (Å²) in [6.45, 7) is 4.12. The summed E-state index contributed by atoms with van der Waals surface area (Å²) in [6, 6.07) is 2.03. The molecule has 0 amide bonds. The SMILES string of the molecule is CCCCCCCCCCC(CCC)OC(=O)c1ccc(F)cc1C(F)(F)F. The van der Waals surface area contributed by atoms with Crippen molar-refractivity contribution in [3.63, 3.8) is 0 Å². The van der Waals surface area contributed by atoms with Gasteiger partial charge in [-0.25, -0.2) is 9.18 Å².